The Morgan fingerprint density at radius 1 is 1.25 bits per heavy atom. The number of ether oxygens (including phenoxy) is 1. The van der Waals surface area contributed by atoms with Crippen molar-refractivity contribution in [3.05, 3.63) is 52.1 Å². The van der Waals surface area contributed by atoms with Crippen molar-refractivity contribution in [1.82, 2.24) is 4.90 Å². The third-order valence-corrected chi connectivity index (χ3v) is 4.93. The number of amides is 2. The number of aryl methyl sites for hydroxylation is 1. The summed E-state index contributed by atoms with van der Waals surface area (Å²) in [5.74, 6) is -1.91. The Morgan fingerprint density at radius 3 is 2.68 bits per heavy atom. The van der Waals surface area contributed by atoms with Crippen LogP contribution in [0, 0.1) is 6.92 Å². The van der Waals surface area contributed by atoms with Crippen LogP contribution in [0.25, 0.3) is 17.4 Å². The van der Waals surface area contributed by atoms with Crippen molar-refractivity contribution in [2.45, 2.75) is 6.92 Å². The lowest BCUT2D eigenvalue weighted by Gasteiger charge is -2.09. The van der Waals surface area contributed by atoms with E-state index in [9.17, 15) is 24.3 Å². The molecule has 28 heavy (non-hydrogen) atoms. The van der Waals surface area contributed by atoms with Crippen LogP contribution in [0.15, 0.2) is 39.7 Å². The summed E-state index contributed by atoms with van der Waals surface area (Å²) in [7, 11) is 1.17. The van der Waals surface area contributed by atoms with Gasteiger partial charge in [0.05, 0.1) is 18.0 Å². The molecule has 0 N–H and O–H groups in total. The molecular weight excluding hydrogens is 386 g/mol. The molecule has 9 heteroatoms. The monoisotopic (exact) mass is 400 g/mol. The van der Waals surface area contributed by atoms with Crippen LogP contribution in [0.5, 0.6) is 0 Å². The first-order valence-corrected chi connectivity index (χ1v) is 8.86. The van der Waals surface area contributed by atoms with E-state index >= 15 is 0 Å². The number of carboxylic acids is 1. The number of thioether (sulfide) groups is 1. The lowest BCUT2D eigenvalue weighted by atomic mass is 10.0. The van der Waals surface area contributed by atoms with Gasteiger partial charge in [0.1, 0.15) is 18.1 Å². The Balaban J connectivity index is 1.86. The zero-order chi connectivity index (χ0) is 20.4. The van der Waals surface area contributed by atoms with Crippen molar-refractivity contribution >= 4 is 40.9 Å². The van der Waals surface area contributed by atoms with Gasteiger partial charge in [-0.3, -0.25) is 19.3 Å². The van der Waals surface area contributed by atoms with Crippen LogP contribution < -0.4 is 5.11 Å². The summed E-state index contributed by atoms with van der Waals surface area (Å²) in [6.45, 7) is 1.34. The van der Waals surface area contributed by atoms with E-state index in [1.54, 1.807) is 25.1 Å². The molecule has 144 valence electrons. The molecule has 1 fully saturated rings. The number of imide groups is 1. The minimum atomic E-state index is -1.30. The molecule has 0 unspecified atom stereocenters. The van der Waals surface area contributed by atoms with Gasteiger partial charge < -0.3 is 19.1 Å². The number of carbonyl (C=O) groups is 4. The van der Waals surface area contributed by atoms with E-state index in [1.807, 2.05) is 0 Å². The number of nitrogens with zero attached hydrogens (tertiary/aromatic N) is 1. The van der Waals surface area contributed by atoms with Crippen molar-refractivity contribution in [3.63, 3.8) is 0 Å². The zero-order valence-electron chi connectivity index (χ0n) is 14.9. The average molecular weight is 400 g/mol. The maximum atomic E-state index is 12.3. The van der Waals surface area contributed by atoms with Crippen LogP contribution in [-0.4, -0.2) is 41.6 Å². The largest absolute Gasteiger partial charge is 0.545 e. The van der Waals surface area contributed by atoms with Gasteiger partial charge in [0.2, 0.25) is 0 Å². The summed E-state index contributed by atoms with van der Waals surface area (Å²) in [4.78, 5) is 47.5. The first-order valence-electron chi connectivity index (χ1n) is 8.04. The van der Waals surface area contributed by atoms with Gasteiger partial charge in [0.25, 0.3) is 11.1 Å². The molecule has 0 aliphatic carbocycles. The van der Waals surface area contributed by atoms with E-state index in [-0.39, 0.29) is 10.5 Å². The highest BCUT2D eigenvalue weighted by molar-refractivity contribution is 8.18. The minimum Gasteiger partial charge on any atom is -0.545 e. The Hall–Kier alpha value is -3.33. The quantitative estimate of drug-likeness (QED) is 0.551. The van der Waals surface area contributed by atoms with Crippen molar-refractivity contribution < 1.29 is 33.4 Å². The molecule has 0 radical (unpaired) electrons. The normalized spacial score (nSPS) is 15.4. The number of carboxylic acid groups (broad SMARTS) is 1. The molecule has 0 saturated carbocycles. The summed E-state index contributed by atoms with van der Waals surface area (Å²) >= 11 is 0.688. The molecule has 2 aromatic rings. The second kappa shape index (κ2) is 7.73. The molecule has 0 atom stereocenters. The van der Waals surface area contributed by atoms with Gasteiger partial charge in [-0.1, -0.05) is 12.1 Å². The molecule has 1 aliphatic heterocycles. The molecule has 1 aromatic heterocycles. The van der Waals surface area contributed by atoms with Crippen LogP contribution in [0.4, 0.5) is 4.79 Å². The Labute approximate surface area is 163 Å². The maximum absolute atomic E-state index is 12.3. The highest BCUT2D eigenvalue weighted by Crippen LogP contribution is 2.33. The predicted octanol–water partition coefficient (Wildman–Crippen LogP) is 1.83. The Kier molecular flexibility index (Phi) is 5.36. The topological polar surface area (TPSA) is 117 Å². The fourth-order valence-electron chi connectivity index (χ4n) is 2.55. The number of rotatable bonds is 5. The molecule has 0 bridgehead atoms. The third-order valence-electron chi connectivity index (χ3n) is 4.03. The summed E-state index contributed by atoms with van der Waals surface area (Å²) in [5.41, 5.74) is 1.38. The van der Waals surface area contributed by atoms with Crippen LogP contribution in [-0.2, 0) is 14.3 Å². The standard InChI is InChI=1S/C19H15NO7S/c1-10-3-4-11(18(23)24)7-13(10)14-6-5-12(27-14)8-15-17(22)20(19(25)28-15)9-16(21)26-2/h3-8H,9H2,1-2H3,(H,23,24)/p-1/b15-8+. The van der Waals surface area contributed by atoms with Crippen molar-refractivity contribution in [2.75, 3.05) is 13.7 Å². The number of carbonyl (C=O) groups excluding carboxylic acids is 4. The predicted molar refractivity (Wildman–Crippen MR) is 97.9 cm³/mol. The van der Waals surface area contributed by atoms with Crippen molar-refractivity contribution in [2.24, 2.45) is 0 Å². The highest BCUT2D eigenvalue weighted by atomic mass is 32.2. The second-order valence-corrected chi connectivity index (χ2v) is 6.86. The fraction of sp³-hybridized carbons (Fsp3) is 0.158. The van der Waals surface area contributed by atoms with Crippen LogP contribution >= 0.6 is 11.8 Å². The van der Waals surface area contributed by atoms with Gasteiger partial charge in [-0.2, -0.15) is 0 Å². The Morgan fingerprint density at radius 2 is 2.00 bits per heavy atom. The number of aromatic carboxylic acids is 1. The first kappa shape index (κ1) is 19.4. The smallest absolute Gasteiger partial charge is 0.325 e. The van der Waals surface area contributed by atoms with Crippen molar-refractivity contribution in [3.8, 4) is 11.3 Å². The minimum absolute atomic E-state index is 0.0162. The van der Waals surface area contributed by atoms with Gasteiger partial charge in [-0.05, 0) is 48.0 Å². The second-order valence-electron chi connectivity index (χ2n) is 5.86. The highest BCUT2D eigenvalue weighted by Gasteiger charge is 2.36. The van der Waals surface area contributed by atoms with Crippen molar-refractivity contribution in [1.29, 1.82) is 0 Å². The SMILES string of the molecule is COC(=O)CN1C(=O)S/C(=C/c2ccc(-c3cc(C(=O)[O-])ccc3C)o2)C1=O. The number of benzene rings is 1. The number of methoxy groups -OCH3 is 1. The van der Waals surface area contributed by atoms with E-state index in [1.165, 1.54) is 25.3 Å². The molecule has 8 nitrogen and oxygen atoms in total. The molecule has 1 aliphatic rings. The summed E-state index contributed by atoms with van der Waals surface area (Å²) in [5, 5.41) is 10.5. The van der Waals surface area contributed by atoms with Gasteiger partial charge >= 0.3 is 5.97 Å². The van der Waals surface area contributed by atoms with Crippen LogP contribution in [0.1, 0.15) is 21.7 Å². The number of hydrogen-bond donors (Lipinski definition) is 0. The molecule has 2 amide bonds. The van der Waals surface area contributed by atoms with Gasteiger partial charge in [0, 0.05) is 11.6 Å². The lowest BCUT2D eigenvalue weighted by molar-refractivity contribution is -0.255. The van der Waals surface area contributed by atoms with Gasteiger partial charge in [-0.25, -0.2) is 0 Å². The molecule has 1 aromatic carbocycles. The van der Waals surface area contributed by atoms with E-state index < -0.39 is 29.6 Å². The average Bonchev–Trinajstić information content (AvgIpc) is 3.22. The lowest BCUT2D eigenvalue weighted by Crippen LogP contribution is -2.34. The first-order chi connectivity index (χ1) is 13.3. The van der Waals surface area contributed by atoms with E-state index in [0.29, 0.717) is 28.8 Å². The van der Waals surface area contributed by atoms with Gasteiger partial charge in [0.15, 0.2) is 0 Å². The van der Waals surface area contributed by atoms with E-state index in [4.69, 9.17) is 4.42 Å². The molecule has 1 saturated heterocycles. The van der Waals surface area contributed by atoms with E-state index in [2.05, 4.69) is 4.74 Å². The summed E-state index contributed by atoms with van der Waals surface area (Å²) in [6, 6.07) is 7.74. The number of esters is 1. The summed E-state index contributed by atoms with van der Waals surface area (Å²) in [6.07, 6.45) is 1.39. The zero-order valence-corrected chi connectivity index (χ0v) is 15.7. The Bertz CT molecular complexity index is 1020. The van der Waals surface area contributed by atoms with Crippen LogP contribution in [0.3, 0.4) is 0 Å². The van der Waals surface area contributed by atoms with Crippen LogP contribution in [0.2, 0.25) is 0 Å². The number of hydrogen-bond acceptors (Lipinski definition) is 8. The molecule has 2 heterocycles. The van der Waals surface area contributed by atoms with Gasteiger partial charge in [-0.15, -0.1) is 0 Å². The molecule has 0 spiro atoms. The van der Waals surface area contributed by atoms with E-state index in [0.717, 1.165) is 10.5 Å². The molecular formula is C19H14NO7S-. The third kappa shape index (κ3) is 3.84. The molecule has 3 rings (SSSR count). The summed E-state index contributed by atoms with van der Waals surface area (Å²) < 4.78 is 10.2. The maximum Gasteiger partial charge on any atom is 0.325 e. The number of furan rings is 1. The fourth-order valence-corrected chi connectivity index (χ4v) is 3.37.